The molecule has 0 saturated carbocycles. The third-order valence-corrected chi connectivity index (χ3v) is 5.27. The molecule has 6 heteroatoms. The van der Waals surface area contributed by atoms with Crippen molar-refractivity contribution in [2.45, 2.75) is 45.3 Å². The van der Waals surface area contributed by atoms with Crippen LogP contribution < -0.4 is 5.32 Å². The number of aromatic nitrogens is 1. The van der Waals surface area contributed by atoms with Crippen molar-refractivity contribution in [3.63, 3.8) is 0 Å². The molecule has 2 fully saturated rings. The van der Waals surface area contributed by atoms with Crippen LogP contribution >= 0.6 is 0 Å². The van der Waals surface area contributed by atoms with Gasteiger partial charge in [-0.2, -0.15) is 0 Å². The zero-order valence-corrected chi connectivity index (χ0v) is 14.8. The van der Waals surface area contributed by atoms with Crippen LogP contribution in [0, 0.1) is 12.8 Å². The molecule has 0 unspecified atom stereocenters. The lowest BCUT2D eigenvalue weighted by Gasteiger charge is -2.33. The van der Waals surface area contributed by atoms with Crippen LogP contribution in [-0.4, -0.2) is 64.9 Å². The van der Waals surface area contributed by atoms with Crippen LogP contribution in [0.15, 0.2) is 18.3 Å². The normalized spacial score (nSPS) is 26.7. The van der Waals surface area contributed by atoms with Crippen LogP contribution in [0.25, 0.3) is 0 Å². The standard InChI is InChI=1S/C18H26N4O2/c1-11(2)22-15(17(23)19-4)7-14-9-21(10-16(14)22)18(24)13-6-5-12(3)20-8-13/h5-6,8,11,14-16H,7,9-10H2,1-4H3,(H,19,23)/t14-,15-,16+/m0/s1. The number of amides is 2. The molecule has 130 valence electrons. The van der Waals surface area contributed by atoms with Crippen molar-refractivity contribution in [2.75, 3.05) is 20.1 Å². The van der Waals surface area contributed by atoms with E-state index in [2.05, 4.69) is 29.0 Å². The number of rotatable bonds is 3. The maximum atomic E-state index is 12.7. The number of nitrogens with zero attached hydrogens (tertiary/aromatic N) is 3. The predicted octanol–water partition coefficient (Wildman–Crippen LogP) is 1.06. The van der Waals surface area contributed by atoms with Gasteiger partial charge in [0.2, 0.25) is 5.91 Å². The number of likely N-dealkylation sites (tertiary alicyclic amines) is 2. The molecule has 2 amide bonds. The van der Waals surface area contributed by atoms with Crippen LogP contribution in [-0.2, 0) is 4.79 Å². The van der Waals surface area contributed by atoms with Crippen molar-refractivity contribution >= 4 is 11.8 Å². The van der Waals surface area contributed by atoms with Gasteiger partial charge in [0.05, 0.1) is 11.6 Å². The summed E-state index contributed by atoms with van der Waals surface area (Å²) < 4.78 is 0. The minimum atomic E-state index is -0.0803. The summed E-state index contributed by atoms with van der Waals surface area (Å²) in [6, 6.07) is 4.16. The zero-order chi connectivity index (χ0) is 17.4. The topological polar surface area (TPSA) is 65.5 Å². The van der Waals surface area contributed by atoms with E-state index < -0.39 is 0 Å². The molecular formula is C18H26N4O2. The smallest absolute Gasteiger partial charge is 0.255 e. The third-order valence-electron chi connectivity index (χ3n) is 5.27. The van der Waals surface area contributed by atoms with Gasteiger partial charge in [-0.25, -0.2) is 0 Å². The average molecular weight is 330 g/mol. The first-order chi connectivity index (χ1) is 11.4. The number of aryl methyl sites for hydroxylation is 1. The van der Waals surface area contributed by atoms with E-state index in [0.29, 0.717) is 24.6 Å². The Morgan fingerprint density at radius 3 is 2.62 bits per heavy atom. The van der Waals surface area contributed by atoms with Gasteiger partial charge >= 0.3 is 0 Å². The van der Waals surface area contributed by atoms with Crippen LogP contribution in [0.3, 0.4) is 0 Å². The fourth-order valence-electron chi connectivity index (χ4n) is 4.16. The number of nitrogens with one attached hydrogen (secondary N) is 1. The predicted molar refractivity (Wildman–Crippen MR) is 91.6 cm³/mol. The van der Waals surface area contributed by atoms with Gasteiger partial charge in [-0.3, -0.25) is 19.5 Å². The summed E-state index contributed by atoms with van der Waals surface area (Å²) in [6.07, 6.45) is 2.47. The Morgan fingerprint density at radius 2 is 2.04 bits per heavy atom. The molecule has 2 aliphatic rings. The van der Waals surface area contributed by atoms with Crippen molar-refractivity contribution in [1.29, 1.82) is 0 Å². The van der Waals surface area contributed by atoms with Gasteiger partial charge in [0.15, 0.2) is 0 Å². The van der Waals surface area contributed by atoms with E-state index >= 15 is 0 Å². The number of likely N-dealkylation sites (N-methyl/N-ethyl adjacent to an activating group) is 1. The van der Waals surface area contributed by atoms with Gasteiger partial charge in [0, 0.05) is 44.1 Å². The molecule has 1 aromatic rings. The molecule has 0 radical (unpaired) electrons. The monoisotopic (exact) mass is 330 g/mol. The van der Waals surface area contributed by atoms with Crippen LogP contribution in [0.2, 0.25) is 0 Å². The summed E-state index contributed by atoms with van der Waals surface area (Å²) in [6.45, 7) is 7.55. The van der Waals surface area contributed by atoms with E-state index in [-0.39, 0.29) is 29.9 Å². The number of hydrogen-bond acceptors (Lipinski definition) is 4. The van der Waals surface area contributed by atoms with Crippen molar-refractivity contribution in [3.05, 3.63) is 29.6 Å². The molecule has 0 spiro atoms. The Hall–Kier alpha value is -1.95. The second-order valence-electron chi connectivity index (χ2n) is 7.13. The highest BCUT2D eigenvalue weighted by molar-refractivity contribution is 5.94. The van der Waals surface area contributed by atoms with Gasteiger partial charge in [0.25, 0.3) is 5.91 Å². The highest BCUT2D eigenvalue weighted by Gasteiger charge is 2.50. The fraction of sp³-hybridized carbons (Fsp3) is 0.611. The minimum absolute atomic E-state index is 0.0390. The summed E-state index contributed by atoms with van der Waals surface area (Å²) in [7, 11) is 1.69. The van der Waals surface area contributed by atoms with Crippen LogP contribution in [0.4, 0.5) is 0 Å². The maximum absolute atomic E-state index is 12.7. The highest BCUT2D eigenvalue weighted by atomic mass is 16.2. The number of pyridine rings is 1. The van der Waals surface area contributed by atoms with Gasteiger partial charge in [0.1, 0.15) is 0 Å². The zero-order valence-electron chi connectivity index (χ0n) is 14.8. The molecular weight excluding hydrogens is 304 g/mol. The molecule has 6 nitrogen and oxygen atoms in total. The summed E-state index contributed by atoms with van der Waals surface area (Å²) in [5, 5.41) is 2.78. The van der Waals surface area contributed by atoms with Crippen LogP contribution in [0.1, 0.15) is 36.3 Å². The quantitative estimate of drug-likeness (QED) is 0.900. The second-order valence-corrected chi connectivity index (χ2v) is 7.13. The number of fused-ring (bicyclic) bond motifs is 1. The van der Waals surface area contributed by atoms with Gasteiger partial charge in [-0.1, -0.05) is 0 Å². The molecule has 0 bridgehead atoms. The molecule has 2 aliphatic heterocycles. The lowest BCUT2D eigenvalue weighted by atomic mass is 10.0. The van der Waals surface area contributed by atoms with Crippen molar-refractivity contribution < 1.29 is 9.59 Å². The summed E-state index contributed by atoms with van der Waals surface area (Å²) in [4.78, 5) is 33.3. The van der Waals surface area contributed by atoms with Crippen molar-refractivity contribution in [1.82, 2.24) is 20.1 Å². The second kappa shape index (κ2) is 6.51. The van der Waals surface area contributed by atoms with E-state index in [1.807, 2.05) is 24.0 Å². The Balaban J connectivity index is 1.75. The molecule has 24 heavy (non-hydrogen) atoms. The Kier molecular flexibility index (Phi) is 4.58. The molecule has 2 saturated heterocycles. The molecule has 1 N–H and O–H groups in total. The first-order valence-electron chi connectivity index (χ1n) is 8.63. The molecule has 3 rings (SSSR count). The Morgan fingerprint density at radius 1 is 1.29 bits per heavy atom. The van der Waals surface area contributed by atoms with E-state index in [0.717, 1.165) is 12.1 Å². The lowest BCUT2D eigenvalue weighted by Crippen LogP contribution is -2.50. The average Bonchev–Trinajstić information content (AvgIpc) is 3.11. The van der Waals surface area contributed by atoms with E-state index in [9.17, 15) is 9.59 Å². The molecule has 1 aromatic heterocycles. The fourth-order valence-corrected chi connectivity index (χ4v) is 4.16. The minimum Gasteiger partial charge on any atom is -0.358 e. The SMILES string of the molecule is CNC(=O)[C@@H]1C[C@H]2CN(C(=O)c3ccc(C)nc3)C[C@H]2N1C(C)C. The van der Waals surface area contributed by atoms with Crippen molar-refractivity contribution in [3.8, 4) is 0 Å². The molecule has 3 heterocycles. The van der Waals surface area contributed by atoms with Crippen LogP contribution in [0.5, 0.6) is 0 Å². The summed E-state index contributed by atoms with van der Waals surface area (Å²) >= 11 is 0. The van der Waals surface area contributed by atoms with Crippen molar-refractivity contribution in [2.24, 2.45) is 5.92 Å². The molecule has 0 aliphatic carbocycles. The largest absolute Gasteiger partial charge is 0.358 e. The highest BCUT2D eigenvalue weighted by Crippen LogP contribution is 2.37. The lowest BCUT2D eigenvalue weighted by molar-refractivity contribution is -0.126. The van der Waals surface area contributed by atoms with E-state index in [1.54, 1.807) is 13.2 Å². The van der Waals surface area contributed by atoms with E-state index in [4.69, 9.17) is 0 Å². The number of hydrogen-bond donors (Lipinski definition) is 1. The first kappa shape index (κ1) is 16.9. The molecule has 0 aromatic carbocycles. The summed E-state index contributed by atoms with van der Waals surface area (Å²) in [5.41, 5.74) is 1.55. The van der Waals surface area contributed by atoms with Gasteiger partial charge in [-0.05, 0) is 45.2 Å². The number of carbonyl (C=O) groups excluding carboxylic acids is 2. The molecule has 3 atom stereocenters. The summed E-state index contributed by atoms with van der Waals surface area (Å²) in [5.74, 6) is 0.480. The van der Waals surface area contributed by atoms with Gasteiger partial charge < -0.3 is 10.2 Å². The first-order valence-corrected chi connectivity index (χ1v) is 8.63. The van der Waals surface area contributed by atoms with E-state index in [1.165, 1.54) is 0 Å². The third kappa shape index (κ3) is 2.90. The Bertz CT molecular complexity index is 628. The number of carbonyl (C=O) groups is 2. The van der Waals surface area contributed by atoms with Gasteiger partial charge in [-0.15, -0.1) is 0 Å². The maximum Gasteiger partial charge on any atom is 0.255 e. The Labute approximate surface area is 143 Å².